The fourth-order valence-corrected chi connectivity index (χ4v) is 2.74. The van der Waals surface area contributed by atoms with Crippen LogP contribution in [0.15, 0.2) is 54.9 Å². The van der Waals surface area contributed by atoms with Crippen LogP contribution in [0.25, 0.3) is 0 Å². The molecule has 0 atom stereocenters. The molecule has 0 aliphatic heterocycles. The number of hydrogen-bond donors (Lipinski definition) is 1. The van der Waals surface area contributed by atoms with E-state index in [1.54, 1.807) is 35.3 Å². The highest BCUT2D eigenvalue weighted by Gasteiger charge is 2.15. The van der Waals surface area contributed by atoms with Crippen molar-refractivity contribution in [2.24, 2.45) is 0 Å². The largest absolute Gasteiger partial charge is 0.477 e. The van der Waals surface area contributed by atoms with E-state index in [1.807, 2.05) is 6.92 Å². The number of ether oxygens (including phenoxy) is 1. The third-order valence-electron chi connectivity index (χ3n) is 4.23. The molecule has 0 unspecified atom stereocenters. The molecule has 140 valence electrons. The van der Waals surface area contributed by atoms with Gasteiger partial charge < -0.3 is 10.1 Å². The van der Waals surface area contributed by atoms with Crippen LogP contribution >= 0.6 is 0 Å². The highest BCUT2D eigenvalue weighted by atomic mass is 16.5. The lowest BCUT2D eigenvalue weighted by molar-refractivity contribution is 0.102. The van der Waals surface area contributed by atoms with Gasteiger partial charge in [0.25, 0.3) is 5.91 Å². The number of carbonyl (C=O) groups is 1. The van der Waals surface area contributed by atoms with Crippen molar-refractivity contribution in [3.63, 3.8) is 0 Å². The summed E-state index contributed by atoms with van der Waals surface area (Å²) in [6.45, 7) is 7.22. The van der Waals surface area contributed by atoms with Crippen LogP contribution in [0, 0.1) is 0 Å². The summed E-state index contributed by atoms with van der Waals surface area (Å²) in [6.07, 6.45) is 3.28. The van der Waals surface area contributed by atoms with Crippen molar-refractivity contribution < 1.29 is 9.53 Å². The molecule has 0 radical (unpaired) electrons. The lowest BCUT2D eigenvalue weighted by atomic mass is 10.0. The van der Waals surface area contributed by atoms with Gasteiger partial charge in [0.15, 0.2) is 0 Å². The van der Waals surface area contributed by atoms with E-state index in [9.17, 15) is 4.79 Å². The van der Waals surface area contributed by atoms with Crippen LogP contribution in [0.2, 0.25) is 0 Å². The number of hydrogen-bond acceptors (Lipinski definition) is 4. The smallest absolute Gasteiger partial charge is 0.262 e. The van der Waals surface area contributed by atoms with E-state index in [0.717, 1.165) is 5.56 Å². The molecular weight excluding hydrogens is 340 g/mol. The molecule has 3 rings (SSSR count). The van der Waals surface area contributed by atoms with E-state index in [0.29, 0.717) is 36.3 Å². The number of pyridine rings is 1. The van der Waals surface area contributed by atoms with Crippen LogP contribution in [-0.2, 0) is 6.54 Å². The van der Waals surface area contributed by atoms with Crippen LogP contribution in [-0.4, -0.2) is 27.3 Å². The monoisotopic (exact) mass is 364 g/mol. The maximum Gasteiger partial charge on any atom is 0.262 e. The number of rotatable bonds is 7. The number of nitrogens with zero attached hydrogens (tertiary/aromatic N) is 3. The second-order valence-corrected chi connectivity index (χ2v) is 6.51. The van der Waals surface area contributed by atoms with Crippen molar-refractivity contribution in [2.45, 2.75) is 33.2 Å². The van der Waals surface area contributed by atoms with Gasteiger partial charge in [0.05, 0.1) is 19.3 Å². The fourth-order valence-electron chi connectivity index (χ4n) is 2.74. The van der Waals surface area contributed by atoms with E-state index >= 15 is 0 Å². The lowest BCUT2D eigenvalue weighted by Crippen LogP contribution is -2.17. The van der Waals surface area contributed by atoms with Gasteiger partial charge in [-0.2, -0.15) is 5.10 Å². The van der Waals surface area contributed by atoms with E-state index < -0.39 is 0 Å². The topological polar surface area (TPSA) is 69.0 Å². The molecule has 27 heavy (non-hydrogen) atoms. The zero-order valence-electron chi connectivity index (χ0n) is 15.8. The Morgan fingerprint density at radius 3 is 2.63 bits per heavy atom. The fraction of sp³-hybridized carbons (Fsp3) is 0.286. The van der Waals surface area contributed by atoms with Crippen molar-refractivity contribution in [1.29, 1.82) is 0 Å². The number of carbonyl (C=O) groups excluding carboxylic acids is 1. The number of amides is 1. The first-order valence-electron chi connectivity index (χ1n) is 9.08. The Kier molecular flexibility index (Phi) is 5.86. The minimum Gasteiger partial charge on any atom is -0.477 e. The lowest BCUT2D eigenvalue weighted by Gasteiger charge is -2.12. The zero-order chi connectivity index (χ0) is 19.2. The Labute approximate surface area is 159 Å². The molecule has 6 heteroatoms. The first-order valence-corrected chi connectivity index (χ1v) is 9.08. The average molecular weight is 364 g/mol. The standard InChI is InChI=1S/C21H24N4O2/c1-4-27-21-18(6-5-12-22-21)20(26)24-19-11-13-23-25(19)14-16-7-9-17(10-8-16)15(2)3/h5-13,15H,4,14H2,1-3H3,(H,24,26). The molecule has 0 bridgehead atoms. The maximum atomic E-state index is 12.7. The SMILES string of the molecule is CCOc1ncccc1C(=O)Nc1ccnn1Cc1ccc(C(C)C)cc1. The van der Waals surface area contributed by atoms with Gasteiger partial charge in [0.2, 0.25) is 5.88 Å². The van der Waals surface area contributed by atoms with E-state index in [2.05, 4.69) is 53.5 Å². The minimum absolute atomic E-state index is 0.275. The molecule has 0 spiro atoms. The Balaban J connectivity index is 1.74. The molecule has 0 saturated heterocycles. The van der Waals surface area contributed by atoms with E-state index in [4.69, 9.17) is 4.74 Å². The van der Waals surface area contributed by atoms with Gasteiger partial charge >= 0.3 is 0 Å². The highest BCUT2D eigenvalue weighted by Crippen LogP contribution is 2.19. The van der Waals surface area contributed by atoms with Gasteiger partial charge in [-0.15, -0.1) is 0 Å². The second kappa shape index (κ2) is 8.49. The first kappa shape index (κ1) is 18.6. The zero-order valence-corrected chi connectivity index (χ0v) is 15.8. The molecule has 0 aliphatic carbocycles. The summed E-state index contributed by atoms with van der Waals surface area (Å²) < 4.78 is 7.20. The Hall–Kier alpha value is -3.15. The summed E-state index contributed by atoms with van der Waals surface area (Å²) in [4.78, 5) is 16.8. The van der Waals surface area contributed by atoms with Crippen molar-refractivity contribution in [3.8, 4) is 5.88 Å². The maximum absolute atomic E-state index is 12.7. The van der Waals surface area contributed by atoms with Crippen molar-refractivity contribution in [1.82, 2.24) is 14.8 Å². The third-order valence-corrected chi connectivity index (χ3v) is 4.23. The molecule has 6 nitrogen and oxygen atoms in total. The summed E-state index contributed by atoms with van der Waals surface area (Å²) in [7, 11) is 0. The quantitative estimate of drug-likeness (QED) is 0.685. The van der Waals surface area contributed by atoms with Crippen LogP contribution in [0.1, 0.15) is 48.2 Å². The highest BCUT2D eigenvalue weighted by molar-refractivity contribution is 6.05. The van der Waals surface area contributed by atoms with Gasteiger partial charge in [0, 0.05) is 12.3 Å². The van der Waals surface area contributed by atoms with Gasteiger partial charge in [-0.25, -0.2) is 9.67 Å². The van der Waals surface area contributed by atoms with Crippen molar-refractivity contribution >= 4 is 11.7 Å². The number of nitrogens with one attached hydrogen (secondary N) is 1. The Bertz CT molecular complexity index is 901. The Morgan fingerprint density at radius 1 is 1.15 bits per heavy atom. The minimum atomic E-state index is -0.275. The molecule has 0 aliphatic rings. The normalized spacial score (nSPS) is 10.8. The first-order chi connectivity index (χ1) is 13.1. The van der Waals surface area contributed by atoms with E-state index in [-0.39, 0.29) is 5.91 Å². The summed E-state index contributed by atoms with van der Waals surface area (Å²) in [6, 6.07) is 13.6. The van der Waals surface area contributed by atoms with Crippen LogP contribution < -0.4 is 10.1 Å². The number of aromatic nitrogens is 3. The van der Waals surface area contributed by atoms with Crippen molar-refractivity contribution in [2.75, 3.05) is 11.9 Å². The summed E-state index contributed by atoms with van der Waals surface area (Å²) >= 11 is 0. The van der Waals surface area contributed by atoms with Crippen LogP contribution in [0.4, 0.5) is 5.82 Å². The molecule has 3 aromatic rings. The molecular formula is C21H24N4O2. The Morgan fingerprint density at radius 2 is 1.93 bits per heavy atom. The summed E-state index contributed by atoms with van der Waals surface area (Å²) in [5, 5.41) is 7.23. The van der Waals surface area contributed by atoms with Gasteiger partial charge in [-0.3, -0.25) is 4.79 Å². The third kappa shape index (κ3) is 4.53. The molecule has 2 aromatic heterocycles. The molecule has 1 amide bonds. The predicted octanol–water partition coefficient (Wildman–Crippen LogP) is 4.10. The van der Waals surface area contributed by atoms with Gasteiger partial charge in [-0.1, -0.05) is 38.1 Å². The van der Waals surface area contributed by atoms with Gasteiger partial charge in [-0.05, 0) is 36.1 Å². The van der Waals surface area contributed by atoms with Crippen LogP contribution in [0.5, 0.6) is 5.88 Å². The average Bonchev–Trinajstić information content (AvgIpc) is 3.09. The number of anilines is 1. The predicted molar refractivity (Wildman–Crippen MR) is 105 cm³/mol. The number of benzene rings is 1. The van der Waals surface area contributed by atoms with Gasteiger partial charge in [0.1, 0.15) is 11.4 Å². The molecule has 1 aromatic carbocycles. The molecule has 1 N–H and O–H groups in total. The molecule has 0 fully saturated rings. The van der Waals surface area contributed by atoms with Crippen molar-refractivity contribution in [3.05, 3.63) is 71.5 Å². The molecule has 0 saturated carbocycles. The van der Waals surface area contributed by atoms with Crippen LogP contribution in [0.3, 0.4) is 0 Å². The summed E-state index contributed by atoms with van der Waals surface area (Å²) in [5.41, 5.74) is 2.82. The molecule has 2 heterocycles. The second-order valence-electron chi connectivity index (χ2n) is 6.51. The summed E-state index contributed by atoms with van der Waals surface area (Å²) in [5.74, 6) is 1.17. The van der Waals surface area contributed by atoms with E-state index in [1.165, 1.54) is 5.56 Å².